The molecule has 68 valence electrons. The zero-order chi connectivity index (χ0) is 8.77. The van der Waals surface area contributed by atoms with Crippen LogP contribution in [0.4, 0.5) is 0 Å². The highest BCUT2D eigenvalue weighted by atomic mass is 16.7. The summed E-state index contributed by atoms with van der Waals surface area (Å²) in [4.78, 5) is 10.8. The second-order valence-electron chi connectivity index (χ2n) is 3.11. The molecule has 1 spiro atoms. The fourth-order valence-corrected chi connectivity index (χ4v) is 1.58. The molecule has 2 aliphatic rings. The Morgan fingerprint density at radius 1 is 1.50 bits per heavy atom. The molecular weight excluding hydrogens is 164 g/mol. The third-order valence-corrected chi connectivity index (χ3v) is 2.28. The molecule has 3 atom stereocenters. The minimum Gasteiger partial charge on any atom is -0.430 e. The molecule has 0 bridgehead atoms. The van der Waals surface area contributed by atoms with E-state index in [9.17, 15) is 9.90 Å². The predicted molar refractivity (Wildman–Crippen MR) is 36.0 cm³/mol. The summed E-state index contributed by atoms with van der Waals surface area (Å²) in [6.45, 7) is 0.0223. The Balaban J connectivity index is 2.17. The predicted octanol–water partition coefficient (Wildman–Crippen LogP) is -1.23. The van der Waals surface area contributed by atoms with Crippen molar-refractivity contribution in [3.63, 3.8) is 0 Å². The van der Waals surface area contributed by atoms with Crippen molar-refractivity contribution in [2.45, 2.75) is 30.8 Å². The molecule has 2 heterocycles. The van der Waals surface area contributed by atoms with Crippen molar-refractivity contribution in [3.8, 4) is 0 Å². The second kappa shape index (κ2) is 2.42. The lowest BCUT2D eigenvalue weighted by Gasteiger charge is -2.24. The summed E-state index contributed by atoms with van der Waals surface area (Å²) in [5.74, 6) is -1.64. The first-order valence-corrected chi connectivity index (χ1v) is 3.86. The summed E-state index contributed by atoms with van der Waals surface area (Å²) >= 11 is 0. The molecule has 5 nitrogen and oxygen atoms in total. The van der Waals surface area contributed by atoms with Gasteiger partial charge in [-0.3, -0.25) is 4.79 Å². The number of aliphatic hydroxyl groups excluding tert-OH is 2. The molecule has 2 aliphatic heterocycles. The van der Waals surface area contributed by atoms with Gasteiger partial charge in [-0.1, -0.05) is 0 Å². The van der Waals surface area contributed by atoms with Gasteiger partial charge in [0.2, 0.25) is 5.79 Å². The first-order valence-electron chi connectivity index (χ1n) is 3.86. The smallest absolute Gasteiger partial charge is 0.308 e. The Morgan fingerprint density at radius 3 is 2.67 bits per heavy atom. The van der Waals surface area contributed by atoms with Gasteiger partial charge in [-0.05, 0) is 0 Å². The molecule has 0 aromatic carbocycles. The van der Waals surface area contributed by atoms with Crippen LogP contribution in [0.1, 0.15) is 12.8 Å². The molecule has 12 heavy (non-hydrogen) atoms. The number of hydrogen-bond acceptors (Lipinski definition) is 5. The molecule has 0 unspecified atom stereocenters. The molecule has 2 N–H and O–H groups in total. The van der Waals surface area contributed by atoms with Crippen LogP contribution in [0, 0.1) is 0 Å². The molecule has 0 aliphatic carbocycles. The van der Waals surface area contributed by atoms with Crippen molar-refractivity contribution in [3.05, 3.63) is 0 Å². The fourth-order valence-electron chi connectivity index (χ4n) is 1.58. The number of esters is 1. The summed E-state index contributed by atoms with van der Waals surface area (Å²) in [6.07, 6.45) is -1.49. The number of aliphatic hydroxyl groups is 2. The minimum atomic E-state index is -1.25. The number of hydrogen-bond donors (Lipinski definition) is 2. The lowest BCUT2D eigenvalue weighted by atomic mass is 10.1. The van der Waals surface area contributed by atoms with E-state index in [1.807, 2.05) is 0 Å². The Morgan fingerprint density at radius 2 is 2.25 bits per heavy atom. The van der Waals surface area contributed by atoms with Crippen LogP contribution in [0.2, 0.25) is 0 Å². The first-order chi connectivity index (χ1) is 5.64. The van der Waals surface area contributed by atoms with Gasteiger partial charge in [0.25, 0.3) is 0 Å². The van der Waals surface area contributed by atoms with Gasteiger partial charge < -0.3 is 19.7 Å². The van der Waals surface area contributed by atoms with Crippen LogP contribution in [-0.4, -0.2) is 40.8 Å². The zero-order valence-electron chi connectivity index (χ0n) is 6.40. The van der Waals surface area contributed by atoms with Gasteiger partial charge in [0.05, 0.1) is 13.0 Å². The van der Waals surface area contributed by atoms with E-state index >= 15 is 0 Å². The van der Waals surface area contributed by atoms with Crippen LogP contribution in [0.3, 0.4) is 0 Å². The Kier molecular flexibility index (Phi) is 1.61. The molecule has 2 rings (SSSR count). The maximum absolute atomic E-state index is 10.8. The molecule has 2 fully saturated rings. The molecule has 0 amide bonds. The molecule has 0 aromatic rings. The number of carbonyl (C=O) groups is 1. The van der Waals surface area contributed by atoms with Crippen molar-refractivity contribution < 1.29 is 24.5 Å². The van der Waals surface area contributed by atoms with Gasteiger partial charge in [-0.2, -0.15) is 0 Å². The molecular formula is C7H10O5. The Bertz CT molecular complexity index is 216. The topological polar surface area (TPSA) is 76.0 Å². The maximum atomic E-state index is 10.8. The van der Waals surface area contributed by atoms with Crippen LogP contribution in [0.15, 0.2) is 0 Å². The van der Waals surface area contributed by atoms with E-state index in [-0.39, 0.29) is 19.0 Å². The second-order valence-corrected chi connectivity index (χ2v) is 3.11. The average Bonchev–Trinajstić information content (AvgIpc) is 2.53. The van der Waals surface area contributed by atoms with Gasteiger partial charge in [-0.15, -0.1) is 0 Å². The molecule has 0 radical (unpaired) electrons. The Hall–Kier alpha value is -0.650. The van der Waals surface area contributed by atoms with Gasteiger partial charge in [0.1, 0.15) is 12.2 Å². The third-order valence-electron chi connectivity index (χ3n) is 2.28. The van der Waals surface area contributed by atoms with E-state index < -0.39 is 18.0 Å². The van der Waals surface area contributed by atoms with E-state index in [2.05, 4.69) is 0 Å². The van der Waals surface area contributed by atoms with E-state index in [1.54, 1.807) is 0 Å². The van der Waals surface area contributed by atoms with Gasteiger partial charge >= 0.3 is 5.97 Å². The minimum absolute atomic E-state index is 0.0223. The largest absolute Gasteiger partial charge is 0.430 e. The van der Waals surface area contributed by atoms with Crippen LogP contribution in [0.5, 0.6) is 0 Å². The van der Waals surface area contributed by atoms with Crippen molar-refractivity contribution in [2.24, 2.45) is 0 Å². The summed E-state index contributed by atoms with van der Waals surface area (Å²) in [5, 5.41) is 18.6. The Labute approximate surface area is 68.9 Å². The van der Waals surface area contributed by atoms with Crippen molar-refractivity contribution >= 4 is 5.97 Å². The quantitative estimate of drug-likeness (QED) is 0.450. The average molecular weight is 174 g/mol. The van der Waals surface area contributed by atoms with E-state index in [4.69, 9.17) is 14.6 Å². The summed E-state index contributed by atoms with van der Waals surface area (Å²) in [7, 11) is 0. The van der Waals surface area contributed by atoms with Crippen LogP contribution in [0.25, 0.3) is 0 Å². The van der Waals surface area contributed by atoms with Crippen molar-refractivity contribution in [2.75, 3.05) is 6.61 Å². The molecule has 5 heteroatoms. The summed E-state index contributed by atoms with van der Waals surface area (Å²) in [5.41, 5.74) is 0. The molecule has 2 saturated heterocycles. The summed E-state index contributed by atoms with van der Waals surface area (Å²) < 4.78 is 9.87. The van der Waals surface area contributed by atoms with E-state index in [1.165, 1.54) is 0 Å². The highest BCUT2D eigenvalue weighted by Gasteiger charge is 2.55. The lowest BCUT2D eigenvalue weighted by molar-refractivity contribution is -0.220. The van der Waals surface area contributed by atoms with Crippen LogP contribution >= 0.6 is 0 Å². The monoisotopic (exact) mass is 174 g/mol. The van der Waals surface area contributed by atoms with Crippen molar-refractivity contribution in [1.29, 1.82) is 0 Å². The highest BCUT2D eigenvalue weighted by molar-refractivity contribution is 5.72. The zero-order valence-corrected chi connectivity index (χ0v) is 6.40. The lowest BCUT2D eigenvalue weighted by Crippen LogP contribution is -2.42. The van der Waals surface area contributed by atoms with E-state index in [0.717, 1.165) is 0 Å². The van der Waals surface area contributed by atoms with Crippen molar-refractivity contribution in [1.82, 2.24) is 0 Å². The summed E-state index contributed by atoms with van der Waals surface area (Å²) in [6, 6.07) is 0. The van der Waals surface area contributed by atoms with Gasteiger partial charge in [0, 0.05) is 6.42 Å². The van der Waals surface area contributed by atoms with Crippen LogP contribution < -0.4 is 0 Å². The molecule has 0 saturated carbocycles. The van der Waals surface area contributed by atoms with Crippen LogP contribution in [-0.2, 0) is 14.3 Å². The number of rotatable bonds is 0. The third kappa shape index (κ3) is 0.939. The normalized spacial score (nSPS) is 47.0. The SMILES string of the molecule is O=C1CC[C@@]2(OC[C@@H](O)[C@@H]2O)O1. The molecule has 0 aromatic heterocycles. The number of ether oxygens (including phenoxy) is 2. The first kappa shape index (κ1) is 7.97. The highest BCUT2D eigenvalue weighted by Crippen LogP contribution is 2.37. The number of carbonyl (C=O) groups excluding carboxylic acids is 1. The maximum Gasteiger partial charge on any atom is 0.308 e. The fraction of sp³-hybridized carbons (Fsp3) is 0.857. The van der Waals surface area contributed by atoms with Gasteiger partial charge in [0.15, 0.2) is 0 Å². The van der Waals surface area contributed by atoms with Gasteiger partial charge in [-0.25, -0.2) is 0 Å². The standard InChI is InChI=1S/C7H10O5/c8-4-3-11-7(6(4)10)2-1-5(9)12-7/h4,6,8,10H,1-3H2/t4-,6+,7-/m1/s1. The van der Waals surface area contributed by atoms with E-state index in [0.29, 0.717) is 6.42 Å².